The van der Waals surface area contributed by atoms with Gasteiger partial charge < -0.3 is 15.3 Å². The van der Waals surface area contributed by atoms with Gasteiger partial charge >= 0.3 is 5.97 Å². The Hall–Kier alpha value is -3.31. The first kappa shape index (κ1) is 27.7. The lowest BCUT2D eigenvalue weighted by atomic mass is 9.82. The van der Waals surface area contributed by atoms with Gasteiger partial charge in [0, 0.05) is 24.7 Å². The zero-order valence-corrected chi connectivity index (χ0v) is 22.0. The van der Waals surface area contributed by atoms with Crippen molar-refractivity contribution in [1.82, 2.24) is 14.5 Å². The van der Waals surface area contributed by atoms with Gasteiger partial charge in [-0.2, -0.15) is 4.31 Å². The maximum absolute atomic E-state index is 13.8. The molecule has 1 heterocycles. The van der Waals surface area contributed by atoms with E-state index in [4.69, 9.17) is 0 Å². The van der Waals surface area contributed by atoms with Crippen LogP contribution in [0.3, 0.4) is 0 Å². The highest BCUT2D eigenvalue weighted by Crippen LogP contribution is 2.30. The third-order valence-corrected chi connectivity index (χ3v) is 9.15. The zero-order valence-electron chi connectivity index (χ0n) is 21.2. The zero-order chi connectivity index (χ0) is 27.4. The molecule has 2 N–H and O–H groups in total. The van der Waals surface area contributed by atoms with Gasteiger partial charge in [-0.05, 0) is 62.1 Å². The van der Waals surface area contributed by atoms with E-state index in [1.54, 1.807) is 24.3 Å². The number of hydrogen-bond acceptors (Lipinski definition) is 5. The molecule has 2 fully saturated rings. The predicted octanol–water partition coefficient (Wildman–Crippen LogP) is 3.15. The van der Waals surface area contributed by atoms with Gasteiger partial charge in [0.2, 0.25) is 10.0 Å². The van der Waals surface area contributed by atoms with Gasteiger partial charge in [-0.1, -0.05) is 37.0 Å². The van der Waals surface area contributed by atoms with E-state index in [9.17, 15) is 32.3 Å². The summed E-state index contributed by atoms with van der Waals surface area (Å²) in [4.78, 5) is 39.8. The van der Waals surface area contributed by atoms with Crippen LogP contribution in [0.25, 0.3) is 0 Å². The number of carbonyl (C=O) groups excluding carboxylic acids is 2. The summed E-state index contributed by atoms with van der Waals surface area (Å²) >= 11 is 0. The number of sulfonamides is 1. The molecule has 38 heavy (non-hydrogen) atoms. The standard InChI is InChI=1S/C27H32FN3O6S/c1-18-7-9-20(10-8-18)27(35)30-15-16-31(38(36,37)22-13-11-21(28)12-14-22)26(30)25(34)29-23(17-24(32)33)19-5-3-2-4-6-19/h7-14,19,23,26H,2-6,15-17H2,1H3,(H,29,34)(H,32,33). The minimum absolute atomic E-state index is 0.0434. The minimum Gasteiger partial charge on any atom is -0.481 e. The van der Waals surface area contributed by atoms with Crippen LogP contribution in [0.5, 0.6) is 0 Å². The number of benzene rings is 2. The third-order valence-electron chi connectivity index (χ3n) is 7.28. The van der Waals surface area contributed by atoms with Gasteiger partial charge in [-0.25, -0.2) is 12.8 Å². The Morgan fingerprint density at radius 2 is 1.63 bits per heavy atom. The monoisotopic (exact) mass is 545 g/mol. The number of aryl methyl sites for hydroxylation is 1. The Morgan fingerprint density at radius 3 is 2.24 bits per heavy atom. The second-order valence-electron chi connectivity index (χ2n) is 9.92. The van der Waals surface area contributed by atoms with E-state index in [2.05, 4.69) is 5.32 Å². The Morgan fingerprint density at radius 1 is 1.00 bits per heavy atom. The highest BCUT2D eigenvalue weighted by Gasteiger charge is 2.47. The predicted molar refractivity (Wildman–Crippen MR) is 137 cm³/mol. The second-order valence-corrected chi connectivity index (χ2v) is 11.8. The molecule has 0 aromatic heterocycles. The molecule has 2 unspecified atom stereocenters. The molecule has 1 saturated heterocycles. The Balaban J connectivity index is 1.68. The van der Waals surface area contributed by atoms with Crippen molar-refractivity contribution >= 4 is 27.8 Å². The normalized spacial score (nSPS) is 19.7. The number of carboxylic acids is 1. The van der Waals surface area contributed by atoms with E-state index in [-0.39, 0.29) is 30.3 Å². The van der Waals surface area contributed by atoms with E-state index in [1.807, 2.05) is 6.92 Å². The van der Waals surface area contributed by atoms with Crippen LogP contribution in [0, 0.1) is 18.7 Å². The van der Waals surface area contributed by atoms with E-state index in [1.165, 1.54) is 4.90 Å². The fraction of sp³-hybridized carbons (Fsp3) is 0.444. The van der Waals surface area contributed by atoms with Crippen molar-refractivity contribution in [2.24, 2.45) is 5.92 Å². The van der Waals surface area contributed by atoms with Gasteiger partial charge in [-0.15, -0.1) is 0 Å². The molecule has 1 aliphatic heterocycles. The van der Waals surface area contributed by atoms with Crippen LogP contribution >= 0.6 is 0 Å². The van der Waals surface area contributed by atoms with E-state index < -0.39 is 45.8 Å². The number of nitrogens with zero attached hydrogens (tertiary/aromatic N) is 2. The lowest BCUT2D eigenvalue weighted by molar-refractivity contribution is -0.138. The molecule has 2 aromatic rings. The molecule has 1 saturated carbocycles. The number of rotatable bonds is 8. The number of hydrogen-bond donors (Lipinski definition) is 2. The first-order valence-electron chi connectivity index (χ1n) is 12.7. The van der Waals surface area contributed by atoms with Gasteiger partial charge in [0.25, 0.3) is 11.8 Å². The van der Waals surface area contributed by atoms with Crippen LogP contribution < -0.4 is 5.32 Å². The van der Waals surface area contributed by atoms with Crippen LogP contribution in [0.1, 0.15) is 54.4 Å². The molecular weight excluding hydrogens is 513 g/mol. The van der Waals surface area contributed by atoms with Crippen LogP contribution in [0.2, 0.25) is 0 Å². The quantitative estimate of drug-likeness (QED) is 0.525. The van der Waals surface area contributed by atoms with Crippen molar-refractivity contribution in [2.75, 3.05) is 13.1 Å². The molecule has 0 spiro atoms. The van der Waals surface area contributed by atoms with Crippen molar-refractivity contribution in [1.29, 1.82) is 0 Å². The first-order chi connectivity index (χ1) is 18.1. The van der Waals surface area contributed by atoms with E-state index in [0.29, 0.717) is 5.56 Å². The smallest absolute Gasteiger partial charge is 0.305 e. The average molecular weight is 546 g/mol. The Bertz CT molecular complexity index is 1280. The molecule has 4 rings (SSSR count). The molecule has 2 amide bonds. The van der Waals surface area contributed by atoms with Gasteiger partial charge in [-0.3, -0.25) is 14.4 Å². The van der Waals surface area contributed by atoms with Crippen molar-refractivity contribution in [3.05, 3.63) is 65.5 Å². The number of carbonyl (C=O) groups is 3. The minimum atomic E-state index is -4.29. The number of nitrogens with one attached hydrogen (secondary N) is 1. The SMILES string of the molecule is Cc1ccc(C(=O)N2CCN(S(=O)(=O)c3ccc(F)cc3)C2C(=O)NC(CC(=O)O)C2CCCCC2)cc1. The molecule has 11 heteroatoms. The number of carboxylic acid groups (broad SMARTS) is 1. The fourth-order valence-electron chi connectivity index (χ4n) is 5.26. The maximum Gasteiger partial charge on any atom is 0.305 e. The highest BCUT2D eigenvalue weighted by molar-refractivity contribution is 7.89. The molecule has 2 aliphatic rings. The van der Waals surface area contributed by atoms with Crippen molar-refractivity contribution in [3.63, 3.8) is 0 Å². The third kappa shape index (κ3) is 6.05. The van der Waals surface area contributed by atoms with Crippen LogP contribution in [-0.4, -0.2) is 65.8 Å². The van der Waals surface area contributed by atoms with E-state index in [0.717, 1.165) is 66.2 Å². The topological polar surface area (TPSA) is 124 Å². The van der Waals surface area contributed by atoms with Gasteiger partial charge in [0.1, 0.15) is 5.82 Å². The summed E-state index contributed by atoms with van der Waals surface area (Å²) in [5, 5.41) is 12.3. The summed E-state index contributed by atoms with van der Waals surface area (Å²) < 4.78 is 41.6. The summed E-state index contributed by atoms with van der Waals surface area (Å²) in [5.74, 6) is -3.02. The summed E-state index contributed by atoms with van der Waals surface area (Å²) in [6.07, 6.45) is 2.55. The lowest BCUT2D eigenvalue weighted by Gasteiger charge is -2.34. The summed E-state index contributed by atoms with van der Waals surface area (Å²) in [5.41, 5.74) is 1.23. The summed E-state index contributed by atoms with van der Waals surface area (Å²) in [6.45, 7) is 1.67. The van der Waals surface area contributed by atoms with E-state index >= 15 is 0 Å². The molecule has 2 aromatic carbocycles. The van der Waals surface area contributed by atoms with Crippen LogP contribution in [-0.2, 0) is 19.6 Å². The van der Waals surface area contributed by atoms with Gasteiger partial charge in [0.05, 0.1) is 11.3 Å². The van der Waals surface area contributed by atoms with Crippen LogP contribution in [0.4, 0.5) is 4.39 Å². The molecular formula is C27H32FN3O6S. The van der Waals surface area contributed by atoms with Crippen LogP contribution in [0.15, 0.2) is 53.4 Å². The Kier molecular flexibility index (Phi) is 8.47. The molecule has 2 atom stereocenters. The van der Waals surface area contributed by atoms with Crippen molar-refractivity contribution < 1.29 is 32.3 Å². The van der Waals surface area contributed by atoms with Crippen molar-refractivity contribution in [2.45, 2.75) is 62.6 Å². The largest absolute Gasteiger partial charge is 0.481 e. The average Bonchev–Trinajstić information content (AvgIpc) is 3.35. The van der Waals surface area contributed by atoms with Gasteiger partial charge in [0.15, 0.2) is 6.17 Å². The fourth-order valence-corrected chi connectivity index (χ4v) is 6.81. The molecule has 204 valence electrons. The maximum atomic E-state index is 13.8. The molecule has 1 aliphatic carbocycles. The Labute approximate surface area is 221 Å². The lowest BCUT2D eigenvalue weighted by Crippen LogP contribution is -2.56. The molecule has 0 radical (unpaired) electrons. The summed E-state index contributed by atoms with van der Waals surface area (Å²) in [6, 6.07) is 10.3. The summed E-state index contributed by atoms with van der Waals surface area (Å²) in [7, 11) is -4.29. The number of halogens is 1. The molecule has 0 bridgehead atoms. The number of amides is 2. The highest BCUT2D eigenvalue weighted by atomic mass is 32.2. The number of aliphatic carboxylic acids is 1. The second kappa shape index (κ2) is 11.6. The first-order valence-corrected chi connectivity index (χ1v) is 14.2. The molecule has 9 nitrogen and oxygen atoms in total. The van der Waals surface area contributed by atoms with Crippen molar-refractivity contribution in [3.8, 4) is 0 Å².